The lowest BCUT2D eigenvalue weighted by Gasteiger charge is -2.25. The highest BCUT2D eigenvalue weighted by Gasteiger charge is 2.34. The number of para-hydroxylation sites is 1. The molecule has 0 saturated carbocycles. The minimum atomic E-state index is -0.733. The number of carbonyl (C=O) groups excluding carboxylic acids is 1. The Bertz CT molecular complexity index is 1520. The summed E-state index contributed by atoms with van der Waals surface area (Å²) in [6.45, 7) is 4.70. The highest BCUT2D eigenvalue weighted by Crippen LogP contribution is 2.35. The molecule has 0 spiro atoms. The molecule has 2 aromatic carbocycles. The van der Waals surface area contributed by atoms with Gasteiger partial charge in [0.15, 0.2) is 16.3 Å². The summed E-state index contributed by atoms with van der Waals surface area (Å²) in [6.07, 6.45) is 1.80. The van der Waals surface area contributed by atoms with Crippen LogP contribution >= 0.6 is 11.3 Å². The first-order chi connectivity index (χ1) is 17.0. The van der Waals surface area contributed by atoms with E-state index in [4.69, 9.17) is 18.9 Å². The number of ether oxygens (including phenoxy) is 4. The number of thiazole rings is 1. The molecule has 2 aliphatic heterocycles. The van der Waals surface area contributed by atoms with E-state index in [1.807, 2.05) is 36.4 Å². The summed E-state index contributed by atoms with van der Waals surface area (Å²) in [4.78, 5) is 31.9. The van der Waals surface area contributed by atoms with Gasteiger partial charge in [-0.3, -0.25) is 9.36 Å². The monoisotopic (exact) mass is 492 g/mol. The van der Waals surface area contributed by atoms with Crippen molar-refractivity contribution in [2.24, 2.45) is 4.99 Å². The van der Waals surface area contributed by atoms with Crippen molar-refractivity contribution in [3.8, 4) is 17.2 Å². The van der Waals surface area contributed by atoms with Crippen LogP contribution in [-0.2, 0) is 9.53 Å². The van der Waals surface area contributed by atoms with Gasteiger partial charge >= 0.3 is 5.97 Å². The van der Waals surface area contributed by atoms with Crippen LogP contribution in [0.2, 0.25) is 0 Å². The van der Waals surface area contributed by atoms with Crippen LogP contribution in [0.1, 0.15) is 31.0 Å². The summed E-state index contributed by atoms with van der Waals surface area (Å²) in [6, 6.07) is 12.2. The standard InChI is InChI=1S/C26H24N2O6S/c1-4-32-25(30)22-15(2)27-26-28(23(22)17-7-5-6-8-18(17)31-3)24(29)21(35-26)14-16-9-10-19-20(13-16)34-12-11-33-19/h5-10,13-14,23H,4,11-12H2,1-3H3/b21-14-/t23-/m1/s1. The highest BCUT2D eigenvalue weighted by molar-refractivity contribution is 7.07. The van der Waals surface area contributed by atoms with E-state index in [0.29, 0.717) is 56.6 Å². The van der Waals surface area contributed by atoms with Gasteiger partial charge in [-0.2, -0.15) is 0 Å². The van der Waals surface area contributed by atoms with E-state index in [0.717, 1.165) is 5.56 Å². The number of hydrogen-bond acceptors (Lipinski definition) is 8. The first-order valence-corrected chi connectivity index (χ1v) is 12.1. The van der Waals surface area contributed by atoms with Crippen molar-refractivity contribution in [1.82, 2.24) is 4.57 Å². The van der Waals surface area contributed by atoms with Gasteiger partial charge in [-0.25, -0.2) is 9.79 Å². The molecule has 0 radical (unpaired) electrons. The SMILES string of the molecule is CCOC(=O)C1=C(C)N=c2s/c(=C\c3ccc4c(c3)OCCO4)c(=O)n2[C@@H]1c1ccccc1OC. The number of aromatic nitrogens is 1. The normalized spacial score (nSPS) is 17.0. The van der Waals surface area contributed by atoms with E-state index in [9.17, 15) is 9.59 Å². The lowest BCUT2D eigenvalue weighted by molar-refractivity contribution is -0.139. The number of methoxy groups -OCH3 is 1. The quantitative estimate of drug-likeness (QED) is 0.509. The van der Waals surface area contributed by atoms with Gasteiger partial charge in [-0.05, 0) is 43.7 Å². The van der Waals surface area contributed by atoms with Crippen LogP contribution in [0.5, 0.6) is 17.2 Å². The van der Waals surface area contributed by atoms with Crippen LogP contribution in [0.3, 0.4) is 0 Å². The average molecular weight is 493 g/mol. The molecule has 0 saturated heterocycles. The molecule has 1 aromatic heterocycles. The fraction of sp³-hybridized carbons (Fsp3) is 0.269. The second-order valence-corrected chi connectivity index (χ2v) is 8.96. The summed E-state index contributed by atoms with van der Waals surface area (Å²) < 4.78 is 24.2. The van der Waals surface area contributed by atoms with Gasteiger partial charge in [0.1, 0.15) is 25.0 Å². The average Bonchev–Trinajstić information content (AvgIpc) is 3.17. The Kier molecular flexibility index (Phi) is 6.17. The first-order valence-electron chi connectivity index (χ1n) is 11.2. The van der Waals surface area contributed by atoms with Crippen molar-refractivity contribution >= 4 is 23.4 Å². The molecule has 0 N–H and O–H groups in total. The molecule has 2 aliphatic rings. The lowest BCUT2D eigenvalue weighted by atomic mass is 9.95. The Morgan fingerprint density at radius 1 is 1.20 bits per heavy atom. The number of hydrogen-bond donors (Lipinski definition) is 0. The third kappa shape index (κ3) is 4.12. The summed E-state index contributed by atoms with van der Waals surface area (Å²) in [7, 11) is 1.56. The first kappa shape index (κ1) is 22.9. The molecule has 8 nitrogen and oxygen atoms in total. The molecule has 3 heterocycles. The van der Waals surface area contributed by atoms with Gasteiger partial charge < -0.3 is 18.9 Å². The topological polar surface area (TPSA) is 88.4 Å². The van der Waals surface area contributed by atoms with Gasteiger partial charge in [0.05, 0.1) is 29.5 Å². The second-order valence-electron chi connectivity index (χ2n) is 7.95. The molecule has 0 bridgehead atoms. The van der Waals surface area contributed by atoms with Crippen LogP contribution in [0, 0.1) is 0 Å². The summed E-state index contributed by atoms with van der Waals surface area (Å²) in [5.41, 5.74) is 2.05. The summed E-state index contributed by atoms with van der Waals surface area (Å²) in [5.74, 6) is 1.38. The molecule has 1 atom stereocenters. The Labute approximate surface area is 205 Å². The molecule has 180 valence electrons. The maximum absolute atomic E-state index is 13.7. The van der Waals surface area contributed by atoms with Crippen molar-refractivity contribution in [3.63, 3.8) is 0 Å². The molecule has 3 aromatic rings. The number of fused-ring (bicyclic) bond motifs is 2. The number of allylic oxidation sites excluding steroid dienone is 1. The van der Waals surface area contributed by atoms with Crippen molar-refractivity contribution < 1.29 is 23.7 Å². The molecule has 0 unspecified atom stereocenters. The van der Waals surface area contributed by atoms with E-state index < -0.39 is 12.0 Å². The highest BCUT2D eigenvalue weighted by atomic mass is 32.1. The molecular formula is C26H24N2O6S. The third-order valence-electron chi connectivity index (χ3n) is 5.81. The van der Waals surface area contributed by atoms with Gasteiger partial charge in [-0.15, -0.1) is 0 Å². The molecule has 9 heteroatoms. The Morgan fingerprint density at radius 2 is 1.97 bits per heavy atom. The number of esters is 1. The third-order valence-corrected chi connectivity index (χ3v) is 6.80. The molecule has 0 amide bonds. The van der Waals surface area contributed by atoms with Crippen LogP contribution in [-0.4, -0.2) is 37.5 Å². The summed E-state index contributed by atoms with van der Waals surface area (Å²) >= 11 is 1.27. The maximum Gasteiger partial charge on any atom is 0.338 e. The number of nitrogens with zero attached hydrogens (tertiary/aromatic N) is 2. The molecule has 5 rings (SSSR count). The molecule has 35 heavy (non-hydrogen) atoms. The van der Waals surface area contributed by atoms with Crippen molar-refractivity contribution in [2.75, 3.05) is 26.9 Å². The van der Waals surface area contributed by atoms with Gasteiger partial charge in [0.2, 0.25) is 0 Å². The Morgan fingerprint density at radius 3 is 2.74 bits per heavy atom. The predicted molar refractivity (Wildman–Crippen MR) is 131 cm³/mol. The lowest BCUT2D eigenvalue weighted by Crippen LogP contribution is -2.40. The Hall–Kier alpha value is -3.85. The van der Waals surface area contributed by atoms with E-state index >= 15 is 0 Å². The van der Waals surface area contributed by atoms with E-state index in [1.54, 1.807) is 37.7 Å². The van der Waals surface area contributed by atoms with Crippen LogP contribution in [0.4, 0.5) is 0 Å². The number of benzene rings is 2. The molecular weight excluding hydrogens is 468 g/mol. The fourth-order valence-electron chi connectivity index (χ4n) is 4.28. The van der Waals surface area contributed by atoms with Crippen LogP contribution in [0.15, 0.2) is 63.5 Å². The predicted octanol–water partition coefficient (Wildman–Crippen LogP) is 2.58. The number of carbonyl (C=O) groups is 1. The van der Waals surface area contributed by atoms with Crippen molar-refractivity contribution in [2.45, 2.75) is 19.9 Å². The van der Waals surface area contributed by atoms with Crippen LogP contribution < -0.4 is 29.1 Å². The number of rotatable bonds is 5. The smallest absolute Gasteiger partial charge is 0.338 e. The van der Waals surface area contributed by atoms with Crippen LogP contribution in [0.25, 0.3) is 6.08 Å². The zero-order chi connectivity index (χ0) is 24.5. The zero-order valence-corrected chi connectivity index (χ0v) is 20.4. The maximum atomic E-state index is 13.7. The minimum Gasteiger partial charge on any atom is -0.496 e. The molecule has 0 aliphatic carbocycles. The largest absolute Gasteiger partial charge is 0.496 e. The fourth-order valence-corrected chi connectivity index (χ4v) is 5.33. The Balaban J connectivity index is 1.70. The van der Waals surface area contributed by atoms with Gasteiger partial charge in [-0.1, -0.05) is 35.6 Å². The molecule has 0 fully saturated rings. The van der Waals surface area contributed by atoms with Gasteiger partial charge in [0, 0.05) is 5.56 Å². The van der Waals surface area contributed by atoms with Gasteiger partial charge in [0.25, 0.3) is 5.56 Å². The minimum absolute atomic E-state index is 0.211. The zero-order valence-electron chi connectivity index (χ0n) is 19.6. The van der Waals surface area contributed by atoms with E-state index in [1.165, 1.54) is 11.3 Å². The summed E-state index contributed by atoms with van der Waals surface area (Å²) in [5, 5.41) is 0. The van der Waals surface area contributed by atoms with Crippen molar-refractivity contribution in [1.29, 1.82) is 0 Å². The van der Waals surface area contributed by atoms with Crippen molar-refractivity contribution in [3.05, 3.63) is 84.5 Å². The van der Waals surface area contributed by atoms with E-state index in [-0.39, 0.29) is 12.2 Å². The second kappa shape index (κ2) is 9.42. The van der Waals surface area contributed by atoms with E-state index in [2.05, 4.69) is 4.99 Å².